The molecule has 1 N–H and O–H groups in total. The number of aromatic amines is 1. The highest BCUT2D eigenvalue weighted by molar-refractivity contribution is 7.71. The van der Waals surface area contributed by atoms with Crippen LogP contribution in [0.25, 0.3) is 11.0 Å². The van der Waals surface area contributed by atoms with Crippen molar-refractivity contribution in [2.45, 2.75) is 13.8 Å². The summed E-state index contributed by atoms with van der Waals surface area (Å²) in [5.74, 6) is 0. The molecular formula is C12H17N3S. The van der Waals surface area contributed by atoms with Crippen molar-refractivity contribution >= 4 is 28.9 Å². The molecule has 1 aromatic heterocycles. The first-order valence-electron chi connectivity index (χ1n) is 5.61. The van der Waals surface area contributed by atoms with E-state index in [0.717, 1.165) is 28.9 Å². The average Bonchev–Trinajstić information content (AvgIpc) is 2.57. The van der Waals surface area contributed by atoms with E-state index in [1.165, 1.54) is 5.69 Å². The van der Waals surface area contributed by atoms with Gasteiger partial charge in [0.1, 0.15) is 0 Å². The van der Waals surface area contributed by atoms with Gasteiger partial charge in [-0.05, 0) is 44.3 Å². The number of nitrogens with one attached hydrogen (secondary N) is 1. The van der Waals surface area contributed by atoms with Gasteiger partial charge in [0.2, 0.25) is 0 Å². The van der Waals surface area contributed by atoms with Crippen LogP contribution in [-0.4, -0.2) is 22.6 Å². The van der Waals surface area contributed by atoms with Crippen LogP contribution in [0, 0.1) is 4.77 Å². The molecule has 2 rings (SSSR count). The van der Waals surface area contributed by atoms with E-state index in [-0.39, 0.29) is 0 Å². The van der Waals surface area contributed by atoms with Crippen LogP contribution in [-0.2, 0) is 7.05 Å². The van der Waals surface area contributed by atoms with Crippen LogP contribution in [0.2, 0.25) is 0 Å². The van der Waals surface area contributed by atoms with Crippen molar-refractivity contribution in [2.75, 3.05) is 18.0 Å². The van der Waals surface area contributed by atoms with Crippen LogP contribution in [0.3, 0.4) is 0 Å². The molecule has 3 nitrogen and oxygen atoms in total. The Bertz CT molecular complexity index is 549. The predicted molar refractivity (Wildman–Crippen MR) is 71.7 cm³/mol. The standard InChI is InChI=1S/C12H17N3S/c1-4-15(5-2)9-6-7-10-11(8-9)14(3)12(16)13-10/h6-8H,4-5H2,1-3H3,(H,13,16). The monoisotopic (exact) mass is 235 g/mol. The summed E-state index contributed by atoms with van der Waals surface area (Å²) < 4.78 is 2.78. The van der Waals surface area contributed by atoms with Crippen LogP contribution in [0.4, 0.5) is 5.69 Å². The number of hydrogen-bond acceptors (Lipinski definition) is 2. The van der Waals surface area contributed by atoms with Crippen LogP contribution in [0.5, 0.6) is 0 Å². The highest BCUT2D eigenvalue weighted by atomic mass is 32.1. The summed E-state index contributed by atoms with van der Waals surface area (Å²) >= 11 is 5.21. The highest BCUT2D eigenvalue weighted by Crippen LogP contribution is 2.21. The first kappa shape index (κ1) is 11.2. The molecule has 0 spiro atoms. The van der Waals surface area contributed by atoms with Crippen molar-refractivity contribution in [1.29, 1.82) is 0 Å². The molecule has 4 heteroatoms. The third-order valence-electron chi connectivity index (χ3n) is 3.02. The summed E-state index contributed by atoms with van der Waals surface area (Å²) in [5, 5.41) is 0. The van der Waals surface area contributed by atoms with Crippen molar-refractivity contribution in [3.63, 3.8) is 0 Å². The predicted octanol–water partition coefficient (Wildman–Crippen LogP) is 3.08. The molecule has 1 heterocycles. The Labute approximate surface area is 101 Å². The minimum Gasteiger partial charge on any atom is -0.372 e. The normalized spacial score (nSPS) is 10.9. The van der Waals surface area contributed by atoms with Gasteiger partial charge >= 0.3 is 0 Å². The van der Waals surface area contributed by atoms with E-state index in [2.05, 4.69) is 41.9 Å². The number of anilines is 1. The van der Waals surface area contributed by atoms with E-state index in [1.807, 2.05) is 11.6 Å². The van der Waals surface area contributed by atoms with Crippen LogP contribution in [0.15, 0.2) is 18.2 Å². The lowest BCUT2D eigenvalue weighted by Gasteiger charge is -2.20. The first-order valence-corrected chi connectivity index (χ1v) is 6.02. The lowest BCUT2D eigenvalue weighted by atomic mass is 10.2. The molecule has 0 saturated carbocycles. The van der Waals surface area contributed by atoms with Gasteiger partial charge in [0.25, 0.3) is 0 Å². The number of aromatic nitrogens is 2. The van der Waals surface area contributed by atoms with E-state index in [0.29, 0.717) is 0 Å². The Balaban J connectivity index is 2.58. The lowest BCUT2D eigenvalue weighted by Crippen LogP contribution is -2.21. The number of fused-ring (bicyclic) bond motifs is 1. The summed E-state index contributed by atoms with van der Waals surface area (Å²) in [6, 6.07) is 6.42. The van der Waals surface area contributed by atoms with E-state index in [9.17, 15) is 0 Å². The van der Waals surface area contributed by atoms with E-state index in [4.69, 9.17) is 12.2 Å². The van der Waals surface area contributed by atoms with Gasteiger partial charge in [0, 0.05) is 25.8 Å². The molecule has 0 fully saturated rings. The number of nitrogens with zero attached hydrogens (tertiary/aromatic N) is 2. The summed E-state index contributed by atoms with van der Waals surface area (Å²) in [5.41, 5.74) is 3.51. The average molecular weight is 235 g/mol. The SMILES string of the molecule is CCN(CC)c1ccc2[nH]c(=S)n(C)c2c1. The van der Waals surface area contributed by atoms with E-state index < -0.39 is 0 Å². The lowest BCUT2D eigenvalue weighted by molar-refractivity contribution is 0.865. The van der Waals surface area contributed by atoms with Crippen molar-refractivity contribution in [1.82, 2.24) is 9.55 Å². The smallest absolute Gasteiger partial charge is 0.177 e. The minimum atomic E-state index is 0.770. The van der Waals surface area contributed by atoms with Crippen LogP contribution < -0.4 is 4.90 Å². The van der Waals surface area contributed by atoms with Crippen molar-refractivity contribution < 1.29 is 0 Å². The fourth-order valence-electron chi connectivity index (χ4n) is 2.00. The van der Waals surface area contributed by atoms with Crippen molar-refractivity contribution in [3.8, 4) is 0 Å². The van der Waals surface area contributed by atoms with Gasteiger partial charge in [-0.15, -0.1) is 0 Å². The fourth-order valence-corrected chi connectivity index (χ4v) is 2.21. The molecular weight excluding hydrogens is 218 g/mol. The second-order valence-corrected chi connectivity index (χ2v) is 4.25. The van der Waals surface area contributed by atoms with Gasteiger partial charge in [-0.1, -0.05) is 0 Å². The summed E-state index contributed by atoms with van der Waals surface area (Å²) in [7, 11) is 1.99. The minimum absolute atomic E-state index is 0.770. The molecule has 1 aromatic carbocycles. The number of H-pyrrole nitrogens is 1. The third kappa shape index (κ3) is 1.73. The second-order valence-electron chi connectivity index (χ2n) is 3.86. The maximum Gasteiger partial charge on any atom is 0.177 e. The van der Waals surface area contributed by atoms with Gasteiger partial charge < -0.3 is 14.5 Å². The van der Waals surface area contributed by atoms with E-state index >= 15 is 0 Å². The molecule has 0 saturated heterocycles. The van der Waals surface area contributed by atoms with Gasteiger partial charge in [0.15, 0.2) is 4.77 Å². The largest absolute Gasteiger partial charge is 0.372 e. The fraction of sp³-hybridized carbons (Fsp3) is 0.417. The zero-order chi connectivity index (χ0) is 11.7. The zero-order valence-corrected chi connectivity index (χ0v) is 10.8. The Kier molecular flexibility index (Phi) is 3.01. The highest BCUT2D eigenvalue weighted by Gasteiger charge is 2.05. The maximum absolute atomic E-state index is 5.21. The molecule has 0 atom stereocenters. The van der Waals surface area contributed by atoms with Crippen LogP contribution in [0.1, 0.15) is 13.8 Å². The molecule has 0 aliphatic carbocycles. The number of benzene rings is 1. The molecule has 0 radical (unpaired) electrons. The Hall–Kier alpha value is -1.29. The van der Waals surface area contributed by atoms with Gasteiger partial charge in [-0.2, -0.15) is 0 Å². The molecule has 0 bridgehead atoms. The number of hydrogen-bond donors (Lipinski definition) is 1. The summed E-state index contributed by atoms with van der Waals surface area (Å²) in [6.07, 6.45) is 0. The Morgan fingerprint density at radius 3 is 2.62 bits per heavy atom. The molecule has 16 heavy (non-hydrogen) atoms. The molecule has 0 aliphatic heterocycles. The summed E-state index contributed by atoms with van der Waals surface area (Å²) in [4.78, 5) is 5.52. The Morgan fingerprint density at radius 1 is 1.31 bits per heavy atom. The molecule has 0 unspecified atom stereocenters. The van der Waals surface area contributed by atoms with E-state index in [1.54, 1.807) is 0 Å². The second kappa shape index (κ2) is 4.29. The van der Waals surface area contributed by atoms with Gasteiger partial charge in [-0.3, -0.25) is 0 Å². The third-order valence-corrected chi connectivity index (χ3v) is 3.39. The number of rotatable bonds is 3. The van der Waals surface area contributed by atoms with Gasteiger partial charge in [-0.25, -0.2) is 0 Å². The van der Waals surface area contributed by atoms with Crippen LogP contribution >= 0.6 is 12.2 Å². The molecule has 2 aromatic rings. The molecule has 0 amide bonds. The first-order chi connectivity index (χ1) is 7.67. The summed E-state index contributed by atoms with van der Waals surface area (Å²) in [6.45, 7) is 6.39. The van der Waals surface area contributed by atoms with Crippen molar-refractivity contribution in [3.05, 3.63) is 23.0 Å². The number of aryl methyl sites for hydroxylation is 1. The number of imidazole rings is 1. The Morgan fingerprint density at radius 2 is 2.00 bits per heavy atom. The topological polar surface area (TPSA) is 24.0 Å². The van der Waals surface area contributed by atoms with Gasteiger partial charge in [0.05, 0.1) is 11.0 Å². The maximum atomic E-state index is 5.21. The zero-order valence-electron chi connectivity index (χ0n) is 9.95. The molecule has 0 aliphatic rings. The quantitative estimate of drug-likeness (QED) is 0.827. The molecule has 86 valence electrons. The van der Waals surface area contributed by atoms with Crippen molar-refractivity contribution in [2.24, 2.45) is 7.05 Å².